The van der Waals surface area contributed by atoms with Crippen molar-refractivity contribution < 1.29 is 4.79 Å². The molecule has 0 atom stereocenters. The molecular weight excluding hydrogens is 212 g/mol. The summed E-state index contributed by atoms with van der Waals surface area (Å²) in [5.41, 5.74) is 7.91. The highest BCUT2D eigenvalue weighted by Crippen LogP contribution is 2.32. The Balaban J connectivity index is 1.89. The molecule has 1 aliphatic rings. The number of nitrogens with two attached hydrogens (primary N) is 1. The summed E-state index contributed by atoms with van der Waals surface area (Å²) in [7, 11) is 0. The Hall–Kier alpha value is -1.22. The van der Waals surface area contributed by atoms with Crippen molar-refractivity contribution in [3.8, 4) is 0 Å². The average Bonchev–Trinajstić information content (AvgIpc) is 2.28. The number of carbonyl (C=O) groups is 1. The van der Waals surface area contributed by atoms with Crippen molar-refractivity contribution in [2.24, 2.45) is 5.73 Å². The lowest BCUT2D eigenvalue weighted by Gasteiger charge is -2.37. The molecule has 1 aliphatic carbocycles. The lowest BCUT2D eigenvalue weighted by atomic mass is 9.74. The van der Waals surface area contributed by atoms with Gasteiger partial charge in [-0.3, -0.25) is 9.78 Å². The van der Waals surface area contributed by atoms with Gasteiger partial charge in [0.25, 0.3) is 0 Å². The number of hydrogen-bond donors (Lipinski definition) is 1. The fourth-order valence-corrected chi connectivity index (χ4v) is 2.23. The maximum Gasteiger partial charge on any atom is 0.140 e. The third-order valence-electron chi connectivity index (χ3n) is 3.57. The van der Waals surface area contributed by atoms with E-state index < -0.39 is 0 Å². The third kappa shape index (κ3) is 3.13. The monoisotopic (exact) mass is 232 g/mol. The second-order valence-corrected chi connectivity index (χ2v) is 5.12. The van der Waals surface area contributed by atoms with E-state index in [1.807, 2.05) is 18.3 Å². The van der Waals surface area contributed by atoms with Crippen LogP contribution < -0.4 is 5.73 Å². The van der Waals surface area contributed by atoms with Crippen LogP contribution >= 0.6 is 0 Å². The van der Waals surface area contributed by atoms with Crippen LogP contribution in [-0.4, -0.2) is 16.3 Å². The fraction of sp³-hybridized carbons (Fsp3) is 0.571. The molecule has 0 bridgehead atoms. The van der Waals surface area contributed by atoms with Crippen molar-refractivity contribution in [1.29, 1.82) is 0 Å². The van der Waals surface area contributed by atoms with Gasteiger partial charge in [0.15, 0.2) is 0 Å². The number of carbonyl (C=O) groups excluding carboxylic acids is 1. The van der Waals surface area contributed by atoms with Gasteiger partial charge in [0, 0.05) is 30.3 Å². The van der Waals surface area contributed by atoms with Gasteiger partial charge in [-0.25, -0.2) is 0 Å². The molecule has 3 nitrogen and oxygen atoms in total. The van der Waals surface area contributed by atoms with Crippen molar-refractivity contribution in [3.05, 3.63) is 29.6 Å². The average molecular weight is 232 g/mol. The van der Waals surface area contributed by atoms with Crippen LogP contribution in [0.5, 0.6) is 0 Å². The summed E-state index contributed by atoms with van der Waals surface area (Å²) in [5, 5.41) is 0. The van der Waals surface area contributed by atoms with Crippen molar-refractivity contribution >= 4 is 5.78 Å². The quantitative estimate of drug-likeness (QED) is 0.845. The third-order valence-corrected chi connectivity index (χ3v) is 3.57. The van der Waals surface area contributed by atoms with Crippen LogP contribution in [0.15, 0.2) is 18.3 Å². The number of Topliss-reactive ketones (excluding diaryl/α,β-unsaturated/α-hetero) is 1. The molecule has 0 radical (unpaired) electrons. The summed E-state index contributed by atoms with van der Waals surface area (Å²) in [6.07, 6.45) is 6.89. The molecule has 0 spiro atoms. The molecule has 0 saturated heterocycles. The highest BCUT2D eigenvalue weighted by Gasteiger charge is 2.34. The summed E-state index contributed by atoms with van der Waals surface area (Å²) >= 11 is 0. The zero-order valence-electron chi connectivity index (χ0n) is 10.4. The van der Waals surface area contributed by atoms with E-state index >= 15 is 0 Å². The Labute approximate surface area is 102 Å². The molecule has 1 aromatic rings. The lowest BCUT2D eigenvalue weighted by molar-refractivity contribution is -0.120. The first kappa shape index (κ1) is 12.2. The fourth-order valence-electron chi connectivity index (χ4n) is 2.23. The van der Waals surface area contributed by atoms with E-state index in [1.54, 1.807) is 0 Å². The first-order chi connectivity index (χ1) is 8.11. The Bertz CT molecular complexity index is 393. The largest absolute Gasteiger partial charge is 0.325 e. The summed E-state index contributed by atoms with van der Waals surface area (Å²) in [4.78, 5) is 16.2. The highest BCUT2D eigenvalue weighted by atomic mass is 16.1. The van der Waals surface area contributed by atoms with Crippen LogP contribution in [0.25, 0.3) is 0 Å². The van der Waals surface area contributed by atoms with Gasteiger partial charge in [-0.1, -0.05) is 13.0 Å². The standard InChI is InChI=1S/C14H20N2O/c1-2-11-4-5-12(16-10-11)8-13(17)9-14(15)6-3-7-14/h4-5,10H,2-3,6-9,15H2,1H3. The zero-order chi connectivity index (χ0) is 12.3. The normalized spacial score (nSPS) is 17.5. The Kier molecular flexibility index (Phi) is 3.57. The van der Waals surface area contributed by atoms with E-state index in [9.17, 15) is 4.79 Å². The molecule has 1 heterocycles. The van der Waals surface area contributed by atoms with E-state index in [2.05, 4.69) is 11.9 Å². The van der Waals surface area contributed by atoms with Crippen molar-refractivity contribution in [2.75, 3.05) is 0 Å². The molecule has 0 amide bonds. The SMILES string of the molecule is CCc1ccc(CC(=O)CC2(N)CCC2)nc1. The summed E-state index contributed by atoms with van der Waals surface area (Å²) in [6.45, 7) is 2.09. The Morgan fingerprint density at radius 2 is 2.24 bits per heavy atom. The highest BCUT2D eigenvalue weighted by molar-refractivity contribution is 5.81. The van der Waals surface area contributed by atoms with Gasteiger partial charge in [0.05, 0.1) is 0 Å². The predicted octanol–water partition coefficient (Wildman–Crippen LogP) is 2.03. The minimum absolute atomic E-state index is 0.208. The van der Waals surface area contributed by atoms with E-state index in [4.69, 9.17) is 5.73 Å². The van der Waals surface area contributed by atoms with Gasteiger partial charge in [-0.2, -0.15) is 0 Å². The summed E-state index contributed by atoms with van der Waals surface area (Å²) in [5.74, 6) is 0.212. The van der Waals surface area contributed by atoms with Crippen LogP contribution in [0.3, 0.4) is 0 Å². The van der Waals surface area contributed by atoms with E-state index in [-0.39, 0.29) is 11.3 Å². The smallest absolute Gasteiger partial charge is 0.140 e. The maximum absolute atomic E-state index is 11.9. The molecule has 1 saturated carbocycles. The first-order valence-electron chi connectivity index (χ1n) is 6.36. The molecule has 2 N–H and O–H groups in total. The van der Waals surface area contributed by atoms with Gasteiger partial charge in [0.2, 0.25) is 0 Å². The Morgan fingerprint density at radius 1 is 1.47 bits per heavy atom. The molecule has 0 aliphatic heterocycles. The van der Waals surface area contributed by atoms with Crippen LogP contribution in [-0.2, 0) is 17.6 Å². The van der Waals surface area contributed by atoms with Crippen LogP contribution in [0.4, 0.5) is 0 Å². The number of nitrogens with zero attached hydrogens (tertiary/aromatic N) is 1. The molecule has 0 aromatic carbocycles. The summed E-state index contributed by atoms with van der Waals surface area (Å²) in [6, 6.07) is 3.98. The molecule has 17 heavy (non-hydrogen) atoms. The van der Waals surface area contributed by atoms with E-state index in [0.717, 1.165) is 31.4 Å². The van der Waals surface area contributed by atoms with Gasteiger partial charge in [0.1, 0.15) is 5.78 Å². The number of aryl methyl sites for hydroxylation is 1. The van der Waals surface area contributed by atoms with Crippen molar-refractivity contribution in [1.82, 2.24) is 4.98 Å². The van der Waals surface area contributed by atoms with Gasteiger partial charge in [-0.05, 0) is 37.3 Å². The second-order valence-electron chi connectivity index (χ2n) is 5.12. The van der Waals surface area contributed by atoms with Crippen molar-refractivity contribution in [3.63, 3.8) is 0 Å². The molecule has 1 aromatic heterocycles. The molecule has 1 fully saturated rings. The van der Waals surface area contributed by atoms with Crippen LogP contribution in [0.2, 0.25) is 0 Å². The van der Waals surface area contributed by atoms with E-state index in [1.165, 1.54) is 5.56 Å². The zero-order valence-corrected chi connectivity index (χ0v) is 10.4. The van der Waals surface area contributed by atoms with Crippen molar-refractivity contribution in [2.45, 2.75) is 51.0 Å². The first-order valence-corrected chi connectivity index (χ1v) is 6.36. The number of ketones is 1. The van der Waals surface area contributed by atoms with Gasteiger partial charge in [-0.15, -0.1) is 0 Å². The summed E-state index contributed by atoms with van der Waals surface area (Å²) < 4.78 is 0. The van der Waals surface area contributed by atoms with E-state index in [0.29, 0.717) is 12.8 Å². The molecule has 92 valence electrons. The number of hydrogen-bond acceptors (Lipinski definition) is 3. The maximum atomic E-state index is 11.9. The number of rotatable bonds is 5. The number of pyridine rings is 1. The molecule has 0 unspecified atom stereocenters. The lowest BCUT2D eigenvalue weighted by Crippen LogP contribution is -2.48. The number of aromatic nitrogens is 1. The molecule has 3 heteroatoms. The van der Waals surface area contributed by atoms with Gasteiger partial charge < -0.3 is 5.73 Å². The topological polar surface area (TPSA) is 56.0 Å². The predicted molar refractivity (Wildman–Crippen MR) is 67.7 cm³/mol. The Morgan fingerprint density at radius 3 is 2.71 bits per heavy atom. The van der Waals surface area contributed by atoms with Gasteiger partial charge >= 0.3 is 0 Å². The minimum atomic E-state index is -0.208. The molecular formula is C14H20N2O. The van der Waals surface area contributed by atoms with Crippen LogP contribution in [0.1, 0.15) is 43.9 Å². The second kappa shape index (κ2) is 4.96. The van der Waals surface area contributed by atoms with Crippen LogP contribution in [0, 0.1) is 0 Å². The minimum Gasteiger partial charge on any atom is -0.325 e. The molecule has 2 rings (SSSR count).